The Hall–Kier alpha value is -3.84. The number of furan rings is 1. The molecule has 0 saturated heterocycles. The fourth-order valence-corrected chi connectivity index (χ4v) is 4.72. The Kier molecular flexibility index (Phi) is 6.42. The van der Waals surface area contributed by atoms with Gasteiger partial charge in [0.25, 0.3) is 5.91 Å². The lowest BCUT2D eigenvalue weighted by Crippen LogP contribution is -2.49. The van der Waals surface area contributed by atoms with Gasteiger partial charge in [0.15, 0.2) is 5.58 Å². The lowest BCUT2D eigenvalue weighted by molar-refractivity contribution is 0.0921. The van der Waals surface area contributed by atoms with E-state index in [0.717, 1.165) is 42.4 Å². The van der Waals surface area contributed by atoms with Gasteiger partial charge in [-0.15, -0.1) is 0 Å². The molecular weight excluding hydrogens is 442 g/mol. The van der Waals surface area contributed by atoms with E-state index in [4.69, 9.17) is 19.6 Å². The maximum absolute atomic E-state index is 13.0. The normalized spacial score (nSPS) is 17.8. The fraction of sp³-hybridized carbons (Fsp3) is 0.286. The summed E-state index contributed by atoms with van der Waals surface area (Å²) in [5.41, 5.74) is 10.7. The number of nitrogens with two attached hydrogens (primary N) is 1. The predicted octanol–water partition coefficient (Wildman–Crippen LogP) is 5.18. The molecule has 1 saturated carbocycles. The fourth-order valence-electron chi connectivity index (χ4n) is 4.72. The van der Waals surface area contributed by atoms with Crippen molar-refractivity contribution in [2.75, 3.05) is 14.2 Å². The number of ether oxygens (including phenoxy) is 2. The number of fused-ring (bicyclic) bond motifs is 1. The topological polar surface area (TPSA) is 99.6 Å². The average molecular weight is 472 g/mol. The van der Waals surface area contributed by atoms with Crippen LogP contribution in [0.1, 0.15) is 36.0 Å². The number of rotatable bonds is 6. The van der Waals surface area contributed by atoms with Crippen molar-refractivity contribution in [2.24, 2.45) is 5.73 Å². The number of hydrogen-bond donors (Lipinski definition) is 2. The second-order valence-electron chi connectivity index (χ2n) is 8.86. The maximum atomic E-state index is 13.0. The molecule has 7 nitrogen and oxygen atoms in total. The lowest BCUT2D eigenvalue weighted by atomic mass is 9.91. The summed E-state index contributed by atoms with van der Waals surface area (Å²) in [5, 5.41) is 3.12. The Morgan fingerprint density at radius 3 is 2.69 bits per heavy atom. The van der Waals surface area contributed by atoms with Crippen molar-refractivity contribution in [3.05, 3.63) is 66.4 Å². The number of hydrogen-bond acceptors (Lipinski definition) is 6. The summed E-state index contributed by atoms with van der Waals surface area (Å²) in [5.74, 6) is 1.88. The second kappa shape index (κ2) is 9.80. The molecule has 0 radical (unpaired) electrons. The summed E-state index contributed by atoms with van der Waals surface area (Å²) >= 11 is 0. The van der Waals surface area contributed by atoms with Crippen molar-refractivity contribution in [1.29, 1.82) is 0 Å². The summed E-state index contributed by atoms with van der Waals surface area (Å²) < 4.78 is 17.2. The van der Waals surface area contributed by atoms with Crippen LogP contribution < -0.4 is 20.5 Å². The Bertz CT molecular complexity index is 1360. The van der Waals surface area contributed by atoms with Gasteiger partial charge in [-0.3, -0.25) is 9.78 Å². The third-order valence-corrected chi connectivity index (χ3v) is 6.66. The van der Waals surface area contributed by atoms with Crippen molar-refractivity contribution in [3.8, 4) is 33.9 Å². The SMILES string of the molecule is COc1ccc(OC)c(-c2cc3nccc(-c4cccc(C(=O)NC5CCCCC5N)c4)c3o2)c1. The first-order valence-electron chi connectivity index (χ1n) is 11.8. The van der Waals surface area contributed by atoms with E-state index in [2.05, 4.69) is 10.3 Å². The second-order valence-corrected chi connectivity index (χ2v) is 8.86. The molecule has 0 bridgehead atoms. The summed E-state index contributed by atoms with van der Waals surface area (Å²) in [6, 6.07) is 16.9. The summed E-state index contributed by atoms with van der Waals surface area (Å²) in [4.78, 5) is 17.5. The van der Waals surface area contributed by atoms with Gasteiger partial charge in [0.1, 0.15) is 22.8 Å². The highest BCUT2D eigenvalue weighted by Crippen LogP contribution is 2.38. The van der Waals surface area contributed by atoms with Crippen LogP contribution in [0.25, 0.3) is 33.6 Å². The van der Waals surface area contributed by atoms with Crippen LogP contribution in [-0.2, 0) is 0 Å². The minimum Gasteiger partial charge on any atom is -0.497 e. The Morgan fingerprint density at radius 1 is 1.03 bits per heavy atom. The molecular formula is C28H29N3O4. The zero-order valence-electron chi connectivity index (χ0n) is 19.9. The summed E-state index contributed by atoms with van der Waals surface area (Å²) in [6.45, 7) is 0. The van der Waals surface area contributed by atoms with E-state index in [-0.39, 0.29) is 18.0 Å². The van der Waals surface area contributed by atoms with Crippen LogP contribution in [0.15, 0.2) is 65.2 Å². The Morgan fingerprint density at radius 2 is 1.89 bits per heavy atom. The molecule has 1 amide bonds. The van der Waals surface area contributed by atoms with Crippen LogP contribution >= 0.6 is 0 Å². The lowest BCUT2D eigenvalue weighted by Gasteiger charge is -2.29. The number of nitrogens with one attached hydrogen (secondary N) is 1. The smallest absolute Gasteiger partial charge is 0.251 e. The molecule has 1 aliphatic carbocycles. The van der Waals surface area contributed by atoms with Gasteiger partial charge in [-0.1, -0.05) is 25.0 Å². The molecule has 7 heteroatoms. The highest BCUT2D eigenvalue weighted by molar-refractivity contribution is 5.98. The summed E-state index contributed by atoms with van der Waals surface area (Å²) in [7, 11) is 3.24. The third kappa shape index (κ3) is 4.59. The summed E-state index contributed by atoms with van der Waals surface area (Å²) in [6.07, 6.45) is 5.81. The van der Waals surface area contributed by atoms with Gasteiger partial charge >= 0.3 is 0 Å². The first kappa shape index (κ1) is 22.9. The molecule has 2 aromatic carbocycles. The van der Waals surface area contributed by atoms with Crippen molar-refractivity contribution >= 4 is 17.0 Å². The minimum atomic E-state index is -0.110. The molecule has 4 aromatic rings. The van der Waals surface area contributed by atoms with Crippen LogP contribution in [0.2, 0.25) is 0 Å². The molecule has 2 heterocycles. The van der Waals surface area contributed by atoms with E-state index in [0.29, 0.717) is 33.9 Å². The molecule has 1 aliphatic rings. The van der Waals surface area contributed by atoms with Crippen LogP contribution in [0.5, 0.6) is 11.5 Å². The molecule has 3 N–H and O–H groups in total. The Balaban J connectivity index is 1.49. The molecule has 1 fully saturated rings. The van der Waals surface area contributed by atoms with Crippen molar-refractivity contribution < 1.29 is 18.7 Å². The van der Waals surface area contributed by atoms with Gasteiger partial charge in [-0.05, 0) is 54.8 Å². The third-order valence-electron chi connectivity index (χ3n) is 6.66. The number of amides is 1. The standard InChI is InChI=1S/C28H29N3O4/c1-33-19-10-11-25(34-2)21(15-19)26-16-24-27(35-26)20(12-13-30-24)17-6-5-7-18(14-17)28(32)31-23-9-4-3-8-22(23)29/h5-7,10-16,22-23H,3-4,8-9,29H2,1-2H3,(H,31,32). The molecule has 0 spiro atoms. The number of carbonyl (C=O) groups excluding carboxylic acids is 1. The van der Waals surface area contributed by atoms with E-state index >= 15 is 0 Å². The van der Waals surface area contributed by atoms with Crippen LogP contribution in [0.4, 0.5) is 0 Å². The van der Waals surface area contributed by atoms with E-state index in [1.807, 2.05) is 54.6 Å². The van der Waals surface area contributed by atoms with E-state index in [9.17, 15) is 4.79 Å². The molecule has 0 aliphatic heterocycles. The quantitative estimate of drug-likeness (QED) is 0.402. The molecule has 2 aromatic heterocycles. The van der Waals surface area contributed by atoms with Crippen LogP contribution in [0.3, 0.4) is 0 Å². The molecule has 2 unspecified atom stereocenters. The van der Waals surface area contributed by atoms with Gasteiger partial charge in [0, 0.05) is 35.5 Å². The van der Waals surface area contributed by atoms with Gasteiger partial charge < -0.3 is 24.9 Å². The largest absolute Gasteiger partial charge is 0.497 e. The number of nitrogens with zero attached hydrogens (tertiary/aromatic N) is 1. The Labute approximate surface area is 204 Å². The number of carbonyl (C=O) groups is 1. The number of methoxy groups -OCH3 is 2. The zero-order chi connectivity index (χ0) is 24.4. The van der Waals surface area contributed by atoms with Crippen LogP contribution in [0, 0.1) is 0 Å². The van der Waals surface area contributed by atoms with Gasteiger partial charge in [0.2, 0.25) is 0 Å². The van der Waals surface area contributed by atoms with Gasteiger partial charge in [0.05, 0.1) is 19.8 Å². The molecule has 35 heavy (non-hydrogen) atoms. The monoisotopic (exact) mass is 471 g/mol. The van der Waals surface area contributed by atoms with Gasteiger partial charge in [-0.25, -0.2) is 0 Å². The highest BCUT2D eigenvalue weighted by Gasteiger charge is 2.24. The number of aromatic nitrogens is 1. The molecule has 2 atom stereocenters. The van der Waals surface area contributed by atoms with Gasteiger partial charge in [-0.2, -0.15) is 0 Å². The highest BCUT2D eigenvalue weighted by atomic mass is 16.5. The van der Waals surface area contributed by atoms with E-state index in [1.54, 1.807) is 20.4 Å². The number of pyridine rings is 1. The first-order chi connectivity index (χ1) is 17.1. The van der Waals surface area contributed by atoms with E-state index < -0.39 is 0 Å². The first-order valence-corrected chi connectivity index (χ1v) is 11.8. The molecule has 180 valence electrons. The predicted molar refractivity (Wildman–Crippen MR) is 136 cm³/mol. The molecule has 5 rings (SSSR count). The average Bonchev–Trinajstić information content (AvgIpc) is 3.34. The van der Waals surface area contributed by atoms with Crippen molar-refractivity contribution in [1.82, 2.24) is 10.3 Å². The van der Waals surface area contributed by atoms with Crippen LogP contribution in [-0.4, -0.2) is 37.2 Å². The van der Waals surface area contributed by atoms with Crippen molar-refractivity contribution in [3.63, 3.8) is 0 Å². The van der Waals surface area contributed by atoms with Crippen molar-refractivity contribution in [2.45, 2.75) is 37.8 Å². The maximum Gasteiger partial charge on any atom is 0.251 e. The zero-order valence-corrected chi connectivity index (χ0v) is 19.9. The minimum absolute atomic E-state index is 0.00541. The number of benzene rings is 2. The van der Waals surface area contributed by atoms with E-state index in [1.165, 1.54) is 0 Å².